The van der Waals surface area contributed by atoms with Crippen molar-refractivity contribution in [3.8, 4) is 0 Å². The molecule has 0 aliphatic heterocycles. The Morgan fingerprint density at radius 1 is 1.24 bits per heavy atom. The van der Waals surface area contributed by atoms with E-state index in [1.807, 2.05) is 24.4 Å². The van der Waals surface area contributed by atoms with Gasteiger partial charge >= 0.3 is 5.95 Å². The molecule has 0 fully saturated rings. The molecule has 1 amide bonds. The fourth-order valence-corrected chi connectivity index (χ4v) is 2.47. The zero-order chi connectivity index (χ0) is 17.8. The molecule has 3 rings (SSSR count). The van der Waals surface area contributed by atoms with Crippen molar-refractivity contribution in [3.05, 3.63) is 42.1 Å². The molecule has 1 aromatic carbocycles. The van der Waals surface area contributed by atoms with Crippen LogP contribution in [0.2, 0.25) is 0 Å². The van der Waals surface area contributed by atoms with Gasteiger partial charge in [0.1, 0.15) is 0 Å². The number of anilines is 3. The van der Waals surface area contributed by atoms with E-state index in [-0.39, 0.29) is 5.91 Å². The van der Waals surface area contributed by atoms with Gasteiger partial charge in [0, 0.05) is 18.8 Å². The third kappa shape index (κ3) is 3.88. The van der Waals surface area contributed by atoms with Crippen molar-refractivity contribution < 1.29 is 9.78 Å². The van der Waals surface area contributed by atoms with E-state index in [0.717, 1.165) is 29.1 Å². The predicted molar refractivity (Wildman–Crippen MR) is 99.1 cm³/mol. The van der Waals surface area contributed by atoms with Crippen molar-refractivity contribution in [2.75, 3.05) is 24.2 Å². The molecule has 5 N–H and O–H groups in total. The molecule has 0 bridgehead atoms. The van der Waals surface area contributed by atoms with Crippen LogP contribution in [0.4, 0.5) is 17.5 Å². The highest BCUT2D eigenvalue weighted by atomic mass is 16.1. The summed E-state index contributed by atoms with van der Waals surface area (Å²) in [5.41, 5.74) is 2.26. The smallest absolute Gasteiger partial charge is 0.351 e. The van der Waals surface area contributed by atoms with Gasteiger partial charge in [-0.05, 0) is 36.2 Å². The first-order chi connectivity index (χ1) is 12.1. The Labute approximate surface area is 146 Å². The van der Waals surface area contributed by atoms with E-state index in [0.29, 0.717) is 17.4 Å². The fraction of sp³-hybridized carbons (Fsp3) is 0.278. The van der Waals surface area contributed by atoms with Crippen LogP contribution in [-0.2, 0) is 0 Å². The van der Waals surface area contributed by atoms with Crippen LogP contribution >= 0.6 is 0 Å². The van der Waals surface area contributed by atoms with Crippen LogP contribution in [0.3, 0.4) is 0 Å². The van der Waals surface area contributed by atoms with Gasteiger partial charge in [-0.1, -0.05) is 18.8 Å². The maximum Gasteiger partial charge on any atom is 0.351 e. The predicted octanol–water partition coefficient (Wildman–Crippen LogP) is 2.55. The molecule has 7 heteroatoms. The Bertz CT molecular complexity index is 869. The molecule has 0 unspecified atom stereocenters. The summed E-state index contributed by atoms with van der Waals surface area (Å²) in [5, 5.41) is 10.3. The molecular formula is C18H23N6O+. The molecular weight excluding hydrogens is 316 g/mol. The summed E-state index contributed by atoms with van der Waals surface area (Å²) in [6, 6.07) is 9.22. The summed E-state index contributed by atoms with van der Waals surface area (Å²) in [6.45, 7) is 5.19. The van der Waals surface area contributed by atoms with Gasteiger partial charge in [-0.25, -0.2) is 4.98 Å². The van der Waals surface area contributed by atoms with Gasteiger partial charge in [0.05, 0.1) is 17.6 Å². The third-order valence-corrected chi connectivity index (χ3v) is 3.79. The molecule has 2 aromatic heterocycles. The largest absolute Gasteiger partial charge is 0.355 e. The van der Waals surface area contributed by atoms with Gasteiger partial charge in [-0.3, -0.25) is 10.1 Å². The Balaban J connectivity index is 1.84. The lowest BCUT2D eigenvalue weighted by atomic mass is 10.2. The minimum atomic E-state index is -0.107. The maximum atomic E-state index is 11.6. The van der Waals surface area contributed by atoms with Crippen LogP contribution in [0.25, 0.3) is 11.0 Å². The first kappa shape index (κ1) is 16.8. The van der Waals surface area contributed by atoms with E-state index < -0.39 is 0 Å². The lowest BCUT2D eigenvalue weighted by Gasteiger charge is -2.07. The number of carbonyl (C=O) groups is 1. The number of hydrogen-bond acceptors (Lipinski definition) is 4. The molecule has 0 saturated carbocycles. The average Bonchev–Trinajstić information content (AvgIpc) is 3.08. The third-order valence-electron chi connectivity index (χ3n) is 3.79. The molecule has 0 spiro atoms. The molecule has 0 aliphatic rings. The molecule has 0 radical (unpaired) electrons. The quantitative estimate of drug-likeness (QED) is 0.555. The summed E-state index contributed by atoms with van der Waals surface area (Å²) in [5.74, 6) is 1.96. The van der Waals surface area contributed by atoms with Crippen LogP contribution in [-0.4, -0.2) is 29.5 Å². The minimum Gasteiger partial charge on any atom is -0.355 e. The number of nitrogens with one attached hydrogen (secondary N) is 5. The zero-order valence-corrected chi connectivity index (χ0v) is 14.6. The second-order valence-corrected chi connectivity index (χ2v) is 6.26. The van der Waals surface area contributed by atoms with E-state index in [1.165, 1.54) is 0 Å². The van der Waals surface area contributed by atoms with Gasteiger partial charge < -0.3 is 15.6 Å². The number of rotatable bonds is 6. The monoisotopic (exact) mass is 339 g/mol. The molecule has 7 nitrogen and oxygen atoms in total. The summed E-state index contributed by atoms with van der Waals surface area (Å²) in [4.78, 5) is 22.6. The number of benzene rings is 1. The van der Waals surface area contributed by atoms with Crippen molar-refractivity contribution >= 4 is 34.4 Å². The van der Waals surface area contributed by atoms with Gasteiger partial charge in [0.2, 0.25) is 11.5 Å². The molecule has 2 heterocycles. The van der Waals surface area contributed by atoms with Gasteiger partial charge in [0.15, 0.2) is 0 Å². The molecule has 0 atom stereocenters. The number of carbonyl (C=O) groups excluding carboxylic acids is 1. The number of aromatic nitrogens is 3. The number of aromatic amines is 2. The van der Waals surface area contributed by atoms with Crippen molar-refractivity contribution in [2.24, 2.45) is 5.92 Å². The standard InChI is InChI=1S/C18H22N6O/c1-11(2)10-21-16-14-8-9-20-15(14)23-18(24-16)22-13-6-4-12(5-7-13)17(25)19-3/h4-9,11H,10H2,1-3H3,(H,19,25)(H3,20,21,22,23,24)/p+1. The molecule has 3 aromatic rings. The van der Waals surface area contributed by atoms with E-state index in [2.05, 4.69) is 44.7 Å². The Morgan fingerprint density at radius 3 is 2.68 bits per heavy atom. The van der Waals surface area contributed by atoms with Crippen LogP contribution < -0.4 is 20.9 Å². The van der Waals surface area contributed by atoms with Gasteiger partial charge in [-0.2, -0.15) is 0 Å². The van der Waals surface area contributed by atoms with Crippen LogP contribution in [0, 0.1) is 5.92 Å². The summed E-state index contributed by atoms with van der Waals surface area (Å²) in [6.07, 6.45) is 1.87. The Morgan fingerprint density at radius 2 is 2.00 bits per heavy atom. The number of nitrogens with zero attached hydrogens (tertiary/aromatic N) is 1. The fourth-order valence-electron chi connectivity index (χ4n) is 2.47. The van der Waals surface area contributed by atoms with Crippen LogP contribution in [0.15, 0.2) is 36.5 Å². The van der Waals surface area contributed by atoms with Crippen molar-refractivity contribution in [3.63, 3.8) is 0 Å². The van der Waals surface area contributed by atoms with Crippen molar-refractivity contribution in [1.82, 2.24) is 15.3 Å². The lowest BCUT2D eigenvalue weighted by molar-refractivity contribution is -0.345. The lowest BCUT2D eigenvalue weighted by Crippen LogP contribution is -2.21. The molecule has 25 heavy (non-hydrogen) atoms. The second kappa shape index (κ2) is 7.21. The average molecular weight is 339 g/mol. The maximum absolute atomic E-state index is 11.6. The van der Waals surface area contributed by atoms with E-state index in [4.69, 9.17) is 0 Å². The van der Waals surface area contributed by atoms with E-state index in [1.54, 1.807) is 19.2 Å². The molecule has 0 saturated heterocycles. The first-order valence-electron chi connectivity index (χ1n) is 8.30. The van der Waals surface area contributed by atoms with Crippen LogP contribution in [0.5, 0.6) is 0 Å². The number of H-pyrrole nitrogens is 2. The zero-order valence-electron chi connectivity index (χ0n) is 14.6. The Hall–Kier alpha value is -3.09. The number of hydrogen-bond donors (Lipinski definition) is 4. The highest BCUT2D eigenvalue weighted by molar-refractivity contribution is 5.94. The second-order valence-electron chi connectivity index (χ2n) is 6.26. The van der Waals surface area contributed by atoms with Gasteiger partial charge in [-0.15, -0.1) is 0 Å². The highest BCUT2D eigenvalue weighted by Gasteiger charge is 2.14. The topological polar surface area (TPSA) is 96.0 Å². The number of fused-ring (bicyclic) bond motifs is 1. The summed E-state index contributed by atoms with van der Waals surface area (Å²) in [7, 11) is 1.62. The Kier molecular flexibility index (Phi) is 4.83. The molecule has 0 aliphatic carbocycles. The minimum absolute atomic E-state index is 0.107. The number of amides is 1. The first-order valence-corrected chi connectivity index (χ1v) is 8.30. The summed E-state index contributed by atoms with van der Waals surface area (Å²) >= 11 is 0. The summed E-state index contributed by atoms with van der Waals surface area (Å²) < 4.78 is 0. The highest BCUT2D eigenvalue weighted by Crippen LogP contribution is 2.20. The van der Waals surface area contributed by atoms with E-state index in [9.17, 15) is 4.79 Å². The van der Waals surface area contributed by atoms with Gasteiger partial charge in [0.25, 0.3) is 5.91 Å². The van der Waals surface area contributed by atoms with Crippen molar-refractivity contribution in [1.29, 1.82) is 0 Å². The molecule has 130 valence electrons. The SMILES string of the molecule is CNC(=O)c1ccc(Nc2nc3[nH]ccc3c(NCC(C)C)[nH+]2)cc1. The van der Waals surface area contributed by atoms with E-state index >= 15 is 0 Å². The normalized spacial score (nSPS) is 10.9. The van der Waals surface area contributed by atoms with Crippen LogP contribution in [0.1, 0.15) is 24.2 Å². The van der Waals surface area contributed by atoms with Crippen molar-refractivity contribution in [2.45, 2.75) is 13.8 Å².